The molecular weight excluding hydrogens is 431 g/mol. The molecule has 1 heterocycles. The second-order valence-electron chi connectivity index (χ2n) is 7.43. The molecule has 10 heteroatoms. The van der Waals surface area contributed by atoms with Crippen molar-refractivity contribution in [3.05, 3.63) is 64.7 Å². The molecule has 0 aliphatic carbocycles. The number of amides is 1. The summed E-state index contributed by atoms with van der Waals surface area (Å²) in [6, 6.07) is 10.7. The van der Waals surface area contributed by atoms with E-state index in [1.54, 1.807) is 30.9 Å². The van der Waals surface area contributed by atoms with E-state index in [-0.39, 0.29) is 22.9 Å². The number of anilines is 1. The minimum Gasteiger partial charge on any atom is -0.561 e. The Morgan fingerprint density at radius 2 is 1.81 bits per heavy atom. The first-order valence-corrected chi connectivity index (χ1v) is 9.41. The molecule has 0 radical (unpaired) electrons. The van der Waals surface area contributed by atoms with E-state index >= 15 is 0 Å². The van der Waals surface area contributed by atoms with Crippen LogP contribution in [0.15, 0.2) is 42.5 Å². The number of hydrogen-bond donors (Lipinski definition) is 0. The number of hydrogen-bond acceptors (Lipinski definition) is 4. The fraction of sp³-hybridized carbons (Fsp3) is 0.238. The van der Waals surface area contributed by atoms with Crippen LogP contribution >= 0.6 is 12.2 Å². The fourth-order valence-electron chi connectivity index (χ4n) is 3.28. The number of nitriles is 1. The Morgan fingerprint density at radius 1 is 1.19 bits per heavy atom. The Hall–Kier alpha value is -3.45. The van der Waals surface area contributed by atoms with Crippen LogP contribution in [0, 0.1) is 11.3 Å². The van der Waals surface area contributed by atoms with E-state index in [9.17, 15) is 22.8 Å². The molecule has 0 bridgehead atoms. The van der Waals surface area contributed by atoms with Crippen LogP contribution in [0.4, 0.5) is 18.9 Å². The van der Waals surface area contributed by atoms with Crippen molar-refractivity contribution >= 4 is 34.9 Å². The monoisotopic (exact) mass is 448 g/mol. The molecule has 1 aliphatic rings. The van der Waals surface area contributed by atoms with Gasteiger partial charge in [-0.05, 0) is 62.0 Å². The Labute approximate surface area is 181 Å². The van der Waals surface area contributed by atoms with Crippen LogP contribution < -0.4 is 4.90 Å². The standard InChI is InChI=1S/C21H16F3N3O3S/c1-20(2)18(30)27(15-8-7-14(10-25)16(9-15)21(22,23)24)19(31)26(20)11-12-3-5-13(6-4-12)17(28)29/h3-9H,11H2,1-2H3,(H,28,29)/p+1. The fourth-order valence-corrected chi connectivity index (χ4v) is 3.76. The second-order valence-corrected chi connectivity index (χ2v) is 7.80. The van der Waals surface area contributed by atoms with Crippen LogP contribution in [-0.4, -0.2) is 32.5 Å². The Balaban J connectivity index is 1.98. The first-order chi connectivity index (χ1) is 14.4. The molecule has 0 unspecified atom stereocenters. The molecule has 3 rings (SSSR count). The lowest BCUT2D eigenvalue weighted by Crippen LogP contribution is -2.43. The molecule has 0 aromatic heterocycles. The van der Waals surface area contributed by atoms with Crippen molar-refractivity contribution in [2.24, 2.45) is 0 Å². The topological polar surface area (TPSA) is 87.3 Å². The molecule has 2 N–H and O–H groups in total. The molecule has 0 atom stereocenters. The highest BCUT2D eigenvalue weighted by Crippen LogP contribution is 2.38. The number of benzene rings is 2. The van der Waals surface area contributed by atoms with Crippen LogP contribution in [0.3, 0.4) is 0 Å². The van der Waals surface area contributed by atoms with Gasteiger partial charge in [0, 0.05) is 11.3 Å². The third-order valence-corrected chi connectivity index (χ3v) is 5.47. The van der Waals surface area contributed by atoms with E-state index in [4.69, 9.17) is 22.6 Å². The summed E-state index contributed by atoms with van der Waals surface area (Å²) < 4.78 is 40.1. The van der Waals surface area contributed by atoms with E-state index in [0.717, 1.165) is 17.0 Å². The third kappa shape index (κ3) is 3.96. The largest absolute Gasteiger partial charge is 0.561 e. The van der Waals surface area contributed by atoms with Crippen molar-refractivity contribution in [1.29, 1.82) is 5.26 Å². The van der Waals surface area contributed by atoms with Gasteiger partial charge in [0.05, 0.1) is 22.9 Å². The van der Waals surface area contributed by atoms with Gasteiger partial charge in [0.15, 0.2) is 5.11 Å². The van der Waals surface area contributed by atoms with Gasteiger partial charge in [-0.25, -0.2) is 0 Å². The summed E-state index contributed by atoms with van der Waals surface area (Å²) in [5.41, 5.74) is -2.00. The molecule has 0 saturated carbocycles. The first kappa shape index (κ1) is 22.2. The highest BCUT2D eigenvalue weighted by Gasteiger charge is 2.49. The number of halogens is 3. The Morgan fingerprint density at radius 3 is 2.32 bits per heavy atom. The number of nitrogens with zero attached hydrogens (tertiary/aromatic N) is 3. The highest BCUT2D eigenvalue weighted by molar-refractivity contribution is 7.80. The number of thiocarbonyl (C=S) groups is 1. The van der Waals surface area contributed by atoms with Crippen LogP contribution in [0.5, 0.6) is 0 Å². The number of carbonyl (C=O) groups is 2. The summed E-state index contributed by atoms with van der Waals surface area (Å²) in [7, 11) is 0. The second kappa shape index (κ2) is 7.67. The summed E-state index contributed by atoms with van der Waals surface area (Å²) in [6.45, 7) is 3.39. The van der Waals surface area contributed by atoms with Crippen molar-refractivity contribution in [2.45, 2.75) is 32.1 Å². The number of rotatable bonds is 4. The lowest BCUT2D eigenvalue weighted by Gasteiger charge is -2.29. The van der Waals surface area contributed by atoms with Gasteiger partial charge in [0.25, 0.3) is 5.91 Å². The molecule has 0 spiro atoms. The summed E-state index contributed by atoms with van der Waals surface area (Å²) in [5.74, 6) is -1.33. The van der Waals surface area contributed by atoms with Gasteiger partial charge in [0.1, 0.15) is 11.1 Å². The maximum atomic E-state index is 13.4. The van der Waals surface area contributed by atoms with Crippen molar-refractivity contribution in [1.82, 2.24) is 4.90 Å². The zero-order valence-corrected chi connectivity index (χ0v) is 17.3. The molecule has 1 fully saturated rings. The lowest BCUT2D eigenvalue weighted by molar-refractivity contribution is -0.137. The van der Waals surface area contributed by atoms with Gasteiger partial charge in [-0.2, -0.15) is 18.4 Å². The van der Waals surface area contributed by atoms with E-state index < -0.39 is 34.7 Å². The summed E-state index contributed by atoms with van der Waals surface area (Å²) >= 11 is 5.44. The van der Waals surface area contributed by atoms with Crippen LogP contribution in [-0.2, 0) is 17.5 Å². The minimum absolute atomic E-state index is 0.0217. The Kier molecular flexibility index (Phi) is 5.50. The first-order valence-electron chi connectivity index (χ1n) is 9.00. The SMILES string of the molecule is CC1(C)C(=O)N(c2ccc(C#N)c(C(F)(F)F)c2)C(=S)N1Cc1ccc(C(=O)[OH2+])cc1. The maximum Gasteiger partial charge on any atom is 0.549 e. The van der Waals surface area contributed by atoms with Gasteiger partial charge < -0.3 is 10.0 Å². The summed E-state index contributed by atoms with van der Waals surface area (Å²) in [5, 5.41) is 16.1. The summed E-state index contributed by atoms with van der Waals surface area (Å²) in [6.07, 6.45) is -4.77. The van der Waals surface area contributed by atoms with Gasteiger partial charge >= 0.3 is 12.1 Å². The predicted octanol–water partition coefficient (Wildman–Crippen LogP) is 3.35. The van der Waals surface area contributed by atoms with E-state index in [1.165, 1.54) is 24.3 Å². The minimum atomic E-state index is -4.77. The molecule has 2 aromatic carbocycles. The van der Waals surface area contributed by atoms with Crippen LogP contribution in [0.25, 0.3) is 0 Å². The van der Waals surface area contributed by atoms with Crippen molar-refractivity contribution in [2.75, 3.05) is 4.90 Å². The molecule has 1 aliphatic heterocycles. The average molecular weight is 448 g/mol. The van der Waals surface area contributed by atoms with Crippen molar-refractivity contribution < 1.29 is 27.9 Å². The summed E-state index contributed by atoms with van der Waals surface area (Å²) in [4.78, 5) is 26.8. The quantitative estimate of drug-likeness (QED) is 0.529. The lowest BCUT2D eigenvalue weighted by atomic mass is 10.0. The zero-order valence-electron chi connectivity index (χ0n) is 16.4. The predicted molar refractivity (Wildman–Crippen MR) is 110 cm³/mol. The van der Waals surface area contributed by atoms with Gasteiger partial charge in [-0.3, -0.25) is 9.69 Å². The number of carbonyl (C=O) groups excluding carboxylic acids is 2. The smallest absolute Gasteiger partial charge is 0.549 e. The number of alkyl halides is 3. The molecule has 160 valence electrons. The molecule has 6 nitrogen and oxygen atoms in total. The van der Waals surface area contributed by atoms with Crippen molar-refractivity contribution in [3.8, 4) is 6.07 Å². The van der Waals surface area contributed by atoms with Gasteiger partial charge in [-0.15, -0.1) is 0 Å². The van der Waals surface area contributed by atoms with E-state index in [2.05, 4.69) is 0 Å². The van der Waals surface area contributed by atoms with Crippen LogP contribution in [0.1, 0.15) is 40.9 Å². The van der Waals surface area contributed by atoms with Crippen molar-refractivity contribution in [3.63, 3.8) is 0 Å². The normalized spacial score (nSPS) is 15.9. The third-order valence-electron chi connectivity index (χ3n) is 5.07. The highest BCUT2D eigenvalue weighted by atomic mass is 32.1. The Bertz CT molecular complexity index is 1120. The van der Waals surface area contributed by atoms with E-state index in [1.807, 2.05) is 0 Å². The molecule has 1 saturated heterocycles. The average Bonchev–Trinajstić information content (AvgIpc) is 2.87. The zero-order chi connectivity index (χ0) is 23.1. The van der Waals surface area contributed by atoms with Crippen LogP contribution in [0.2, 0.25) is 0 Å². The molecule has 2 aromatic rings. The van der Waals surface area contributed by atoms with Gasteiger partial charge in [-0.1, -0.05) is 12.1 Å². The maximum absolute atomic E-state index is 13.4. The molecular formula is C21H17F3N3O3S+. The molecule has 31 heavy (non-hydrogen) atoms. The van der Waals surface area contributed by atoms with Gasteiger partial charge in [0.2, 0.25) is 0 Å². The molecule has 1 amide bonds. The van der Waals surface area contributed by atoms with E-state index in [0.29, 0.717) is 5.56 Å².